The molecule has 1 unspecified atom stereocenters. The van der Waals surface area contributed by atoms with Crippen molar-refractivity contribution in [1.29, 1.82) is 0 Å². The second kappa shape index (κ2) is 41.0. The van der Waals surface area contributed by atoms with Crippen LogP contribution >= 0.6 is 7.82 Å². The Hall–Kier alpha value is -2.41. The van der Waals surface area contributed by atoms with Gasteiger partial charge >= 0.3 is 19.8 Å². The Labute approximate surface area is 356 Å². The number of unbranched alkanes of at least 4 members (excludes halogenated alkanes) is 16. The highest BCUT2D eigenvalue weighted by Crippen LogP contribution is 2.43. The molecule has 0 spiro atoms. The van der Waals surface area contributed by atoms with E-state index in [1.54, 1.807) is 36.5 Å². The molecular weight excluding hydrogens is 775 g/mol. The van der Waals surface area contributed by atoms with E-state index in [0.29, 0.717) is 12.8 Å². The Kier molecular flexibility index (Phi) is 39.3. The van der Waals surface area contributed by atoms with Gasteiger partial charge in [-0.25, -0.2) is 4.57 Å². The second-order valence-corrected chi connectivity index (χ2v) is 16.6. The van der Waals surface area contributed by atoms with Crippen LogP contribution in [0.15, 0.2) is 60.8 Å². The molecule has 13 heteroatoms. The van der Waals surface area contributed by atoms with E-state index in [0.717, 1.165) is 44.9 Å². The van der Waals surface area contributed by atoms with Crippen LogP contribution < -0.4 is 0 Å². The molecule has 0 aromatic heterocycles. The molecule has 0 amide bonds. The van der Waals surface area contributed by atoms with Gasteiger partial charge in [0.05, 0.1) is 32.0 Å². The van der Waals surface area contributed by atoms with E-state index in [-0.39, 0.29) is 25.7 Å². The number of hydrogen-bond acceptors (Lipinski definition) is 11. The third kappa shape index (κ3) is 40.8. The summed E-state index contributed by atoms with van der Waals surface area (Å²) in [5.74, 6) is -1.17. The number of carbonyl (C=O) groups excluding carboxylic acids is 2. The average molecular weight is 857 g/mol. The van der Waals surface area contributed by atoms with Gasteiger partial charge in [-0.15, -0.1) is 0 Å². The molecule has 0 aromatic rings. The van der Waals surface area contributed by atoms with Crippen LogP contribution in [0.1, 0.15) is 168 Å². The van der Waals surface area contributed by atoms with Crippen LogP contribution in [0, 0.1) is 0 Å². The number of aliphatic hydroxyl groups is 4. The first-order valence-corrected chi connectivity index (χ1v) is 24.0. The van der Waals surface area contributed by atoms with E-state index in [1.807, 2.05) is 6.08 Å². The normalized spacial score (nSPS) is 15.4. The van der Waals surface area contributed by atoms with Crippen molar-refractivity contribution in [3.05, 3.63) is 60.8 Å². The molecule has 0 rings (SSSR count). The lowest BCUT2D eigenvalue weighted by molar-refractivity contribution is -0.161. The molecule has 0 radical (unpaired) electrons. The molecule has 5 atom stereocenters. The summed E-state index contributed by atoms with van der Waals surface area (Å²) in [5.41, 5.74) is 0. The highest BCUT2D eigenvalue weighted by molar-refractivity contribution is 7.47. The van der Waals surface area contributed by atoms with Gasteiger partial charge in [-0.1, -0.05) is 152 Å². The SMILES string of the molecule is CCCCC/C=C\C[C@H](O)/C=C/C=C/C=C\[C@H](O)CCCC(=O)O[C@H](COC(=O)CCCCCCCCC/C=C\CCCCCCCC)COP(=O)(O)OC[C@@H](O)CO. The van der Waals surface area contributed by atoms with E-state index in [2.05, 4.69) is 36.6 Å². The van der Waals surface area contributed by atoms with Crippen LogP contribution in [0.3, 0.4) is 0 Å². The Bertz CT molecular complexity index is 1200. The van der Waals surface area contributed by atoms with Crippen LogP contribution in [0.5, 0.6) is 0 Å². The molecule has 0 saturated heterocycles. The van der Waals surface area contributed by atoms with Crippen molar-refractivity contribution in [3.63, 3.8) is 0 Å². The summed E-state index contributed by atoms with van der Waals surface area (Å²) in [4.78, 5) is 35.0. The van der Waals surface area contributed by atoms with Gasteiger partial charge in [0.15, 0.2) is 6.10 Å². The molecule has 0 aliphatic carbocycles. The number of hydrogen-bond donors (Lipinski definition) is 5. The number of phosphoric ester groups is 1. The number of esters is 2. The number of allylic oxidation sites excluding steroid dienone is 7. The first-order chi connectivity index (χ1) is 28.5. The number of aliphatic hydroxyl groups excluding tert-OH is 4. The summed E-state index contributed by atoms with van der Waals surface area (Å²) in [5, 5.41) is 38.6. The van der Waals surface area contributed by atoms with Gasteiger partial charge in [0.2, 0.25) is 0 Å². The molecule has 0 bridgehead atoms. The Balaban J connectivity index is 4.54. The summed E-state index contributed by atoms with van der Waals surface area (Å²) >= 11 is 0. The maximum atomic E-state index is 12.6. The van der Waals surface area contributed by atoms with Crippen molar-refractivity contribution in [2.75, 3.05) is 26.4 Å². The molecule has 0 aliphatic heterocycles. The Morgan fingerprint density at radius 1 is 0.576 bits per heavy atom. The number of carbonyl (C=O) groups is 2. The van der Waals surface area contributed by atoms with Crippen LogP contribution in [0.4, 0.5) is 0 Å². The molecule has 12 nitrogen and oxygen atoms in total. The standard InChI is InChI=1S/C46H81O12P/c1-3-5-7-9-11-12-13-14-15-16-17-18-19-20-21-23-29-35-45(51)55-39-44(40-57-59(53,54)56-38-43(50)37-47)58-46(52)36-30-34-42(49)33-28-25-24-27-32-41(48)31-26-22-10-8-6-4-2/h14-15,22,24-28,32-33,41-44,47-50H,3-13,16-21,23,29-31,34-40H2,1-2H3,(H,53,54)/b15-14-,25-24+,26-22-,32-27+,33-28-/t41-,42-,43-,44+/m0/s1. The van der Waals surface area contributed by atoms with Gasteiger partial charge < -0.3 is 34.8 Å². The lowest BCUT2D eigenvalue weighted by Crippen LogP contribution is -2.30. The van der Waals surface area contributed by atoms with E-state index >= 15 is 0 Å². The fourth-order valence-electron chi connectivity index (χ4n) is 5.77. The molecule has 59 heavy (non-hydrogen) atoms. The smallest absolute Gasteiger partial charge is 0.462 e. The van der Waals surface area contributed by atoms with Crippen molar-refractivity contribution in [3.8, 4) is 0 Å². The number of phosphoric acid groups is 1. The van der Waals surface area contributed by atoms with Crippen LogP contribution in [-0.4, -0.2) is 88.1 Å². The highest BCUT2D eigenvalue weighted by atomic mass is 31.2. The van der Waals surface area contributed by atoms with Crippen molar-refractivity contribution in [2.24, 2.45) is 0 Å². The predicted molar refractivity (Wildman–Crippen MR) is 236 cm³/mol. The maximum Gasteiger partial charge on any atom is 0.472 e. The fraction of sp³-hybridized carbons (Fsp3) is 0.739. The Morgan fingerprint density at radius 3 is 1.68 bits per heavy atom. The van der Waals surface area contributed by atoms with Crippen LogP contribution in [-0.2, 0) is 32.7 Å². The largest absolute Gasteiger partial charge is 0.472 e. The first kappa shape index (κ1) is 56.6. The van der Waals surface area contributed by atoms with Crippen LogP contribution in [0.25, 0.3) is 0 Å². The van der Waals surface area contributed by atoms with Crippen molar-refractivity contribution in [2.45, 2.75) is 192 Å². The van der Waals surface area contributed by atoms with Gasteiger partial charge in [-0.2, -0.15) is 0 Å². The van der Waals surface area contributed by atoms with Crippen molar-refractivity contribution >= 4 is 19.8 Å². The zero-order chi connectivity index (χ0) is 43.7. The highest BCUT2D eigenvalue weighted by Gasteiger charge is 2.27. The topological polar surface area (TPSA) is 189 Å². The molecule has 0 aliphatic rings. The van der Waals surface area contributed by atoms with Gasteiger partial charge in [-0.05, 0) is 64.2 Å². The van der Waals surface area contributed by atoms with Gasteiger partial charge in [-0.3, -0.25) is 18.6 Å². The minimum atomic E-state index is -4.69. The summed E-state index contributed by atoms with van der Waals surface area (Å²) in [6, 6.07) is 0. The lowest BCUT2D eigenvalue weighted by atomic mass is 10.1. The third-order valence-corrected chi connectivity index (χ3v) is 10.3. The van der Waals surface area contributed by atoms with E-state index < -0.39 is 70.6 Å². The molecule has 0 saturated carbocycles. The minimum absolute atomic E-state index is 0.0786. The first-order valence-electron chi connectivity index (χ1n) is 22.5. The quantitative estimate of drug-likeness (QED) is 0.0129. The summed E-state index contributed by atoms with van der Waals surface area (Å²) in [6.07, 6.45) is 38.1. The van der Waals surface area contributed by atoms with E-state index in [9.17, 15) is 34.4 Å². The number of rotatable bonds is 41. The zero-order valence-electron chi connectivity index (χ0n) is 36.4. The average Bonchev–Trinajstić information content (AvgIpc) is 3.21. The van der Waals surface area contributed by atoms with E-state index in [4.69, 9.17) is 19.1 Å². The minimum Gasteiger partial charge on any atom is -0.462 e. The second-order valence-electron chi connectivity index (χ2n) is 15.1. The van der Waals surface area contributed by atoms with Gasteiger partial charge in [0, 0.05) is 12.8 Å². The van der Waals surface area contributed by atoms with Crippen molar-refractivity contribution in [1.82, 2.24) is 0 Å². The summed E-state index contributed by atoms with van der Waals surface area (Å²) in [6.45, 7) is 2.02. The lowest BCUT2D eigenvalue weighted by Gasteiger charge is -2.20. The zero-order valence-corrected chi connectivity index (χ0v) is 37.3. The molecule has 5 N–H and O–H groups in total. The van der Waals surface area contributed by atoms with Gasteiger partial charge in [0.1, 0.15) is 12.7 Å². The molecule has 0 aromatic carbocycles. The van der Waals surface area contributed by atoms with Gasteiger partial charge in [0.25, 0.3) is 0 Å². The molecule has 0 heterocycles. The third-order valence-electron chi connectivity index (χ3n) is 9.33. The molecule has 0 fully saturated rings. The maximum absolute atomic E-state index is 12.6. The predicted octanol–water partition coefficient (Wildman–Crippen LogP) is 9.83. The molecular formula is C46H81O12P. The van der Waals surface area contributed by atoms with Crippen molar-refractivity contribution < 1.29 is 58.0 Å². The monoisotopic (exact) mass is 857 g/mol. The molecule has 342 valence electrons. The number of ether oxygens (including phenoxy) is 2. The summed E-state index contributed by atoms with van der Waals surface area (Å²) < 4.78 is 32.5. The summed E-state index contributed by atoms with van der Waals surface area (Å²) in [7, 11) is -4.69. The van der Waals surface area contributed by atoms with Crippen LogP contribution in [0.2, 0.25) is 0 Å². The van der Waals surface area contributed by atoms with E-state index in [1.165, 1.54) is 70.6 Å². The Morgan fingerprint density at radius 2 is 1.07 bits per heavy atom. The fourth-order valence-corrected chi connectivity index (χ4v) is 6.56.